The summed E-state index contributed by atoms with van der Waals surface area (Å²) in [5.74, 6) is 0.728. The van der Waals surface area contributed by atoms with Gasteiger partial charge in [0, 0.05) is 23.0 Å². The smallest absolute Gasteiger partial charge is 0.187 e. The molecule has 2 heterocycles. The van der Waals surface area contributed by atoms with E-state index in [2.05, 4.69) is 94.6 Å². The van der Waals surface area contributed by atoms with E-state index in [4.69, 9.17) is 18.1 Å². The molecule has 6 nitrogen and oxygen atoms in total. The lowest BCUT2D eigenvalue weighted by Gasteiger charge is -2.21. The molecular formula is C48H35N5O. The third-order valence-corrected chi connectivity index (χ3v) is 9.74. The summed E-state index contributed by atoms with van der Waals surface area (Å²) in [5, 5.41) is 11.3. The van der Waals surface area contributed by atoms with E-state index in [0.717, 1.165) is 61.4 Å². The summed E-state index contributed by atoms with van der Waals surface area (Å²) in [6.45, 7) is 21.6. The van der Waals surface area contributed by atoms with Crippen LogP contribution >= 0.6 is 0 Å². The van der Waals surface area contributed by atoms with E-state index in [-0.39, 0.29) is 11.2 Å². The van der Waals surface area contributed by atoms with Gasteiger partial charge < -0.3 is 5.11 Å². The van der Waals surface area contributed by atoms with E-state index in [0.29, 0.717) is 22.8 Å². The fourth-order valence-corrected chi connectivity index (χ4v) is 6.86. The van der Waals surface area contributed by atoms with Crippen molar-refractivity contribution < 1.29 is 5.11 Å². The second-order valence-corrected chi connectivity index (χ2v) is 14.3. The Morgan fingerprint density at radius 3 is 1.76 bits per heavy atom. The molecule has 0 bridgehead atoms. The highest BCUT2D eigenvalue weighted by molar-refractivity contribution is 5.97. The number of aromatic nitrogens is 3. The van der Waals surface area contributed by atoms with Crippen molar-refractivity contribution >= 4 is 22.4 Å². The molecule has 6 heteroatoms. The van der Waals surface area contributed by atoms with Crippen LogP contribution in [0.1, 0.15) is 26.3 Å². The average molecular weight is 698 g/mol. The number of hydrogen-bond donors (Lipinski definition) is 1. The van der Waals surface area contributed by atoms with Gasteiger partial charge in [-0.2, -0.15) is 0 Å². The number of aromatic hydroxyl groups is 1. The Bertz CT molecular complexity index is 2690. The van der Waals surface area contributed by atoms with Crippen molar-refractivity contribution in [3.8, 4) is 67.5 Å². The Labute approximate surface area is 315 Å². The van der Waals surface area contributed by atoms with Gasteiger partial charge in [-0.05, 0) is 99.5 Å². The number of fused-ring (bicyclic) bond motifs is 1. The van der Waals surface area contributed by atoms with Gasteiger partial charge in [0.25, 0.3) is 0 Å². The van der Waals surface area contributed by atoms with E-state index in [1.54, 1.807) is 6.07 Å². The molecule has 54 heavy (non-hydrogen) atoms. The molecule has 0 unspecified atom stereocenters. The van der Waals surface area contributed by atoms with E-state index in [1.165, 1.54) is 5.56 Å². The number of imidazole rings is 1. The first kappa shape index (κ1) is 33.8. The molecule has 0 saturated carbocycles. The van der Waals surface area contributed by atoms with Crippen LogP contribution in [-0.4, -0.2) is 19.6 Å². The number of rotatable bonds is 6. The van der Waals surface area contributed by atoms with E-state index in [1.807, 2.05) is 91.1 Å². The minimum Gasteiger partial charge on any atom is -0.507 e. The molecule has 0 spiro atoms. The third kappa shape index (κ3) is 6.38. The molecule has 8 rings (SSSR count). The Morgan fingerprint density at radius 1 is 0.574 bits per heavy atom. The van der Waals surface area contributed by atoms with Crippen LogP contribution in [0.25, 0.3) is 82.4 Å². The quantitative estimate of drug-likeness (QED) is 0.176. The lowest BCUT2D eigenvalue weighted by atomic mass is 9.83. The predicted octanol–water partition coefficient (Wildman–Crippen LogP) is 12.9. The fourth-order valence-electron chi connectivity index (χ4n) is 6.86. The van der Waals surface area contributed by atoms with Crippen molar-refractivity contribution in [3.05, 3.63) is 180 Å². The van der Waals surface area contributed by atoms with Crippen molar-refractivity contribution in [1.82, 2.24) is 14.5 Å². The molecule has 0 amide bonds. The molecule has 6 aromatic carbocycles. The molecule has 0 fully saturated rings. The lowest BCUT2D eigenvalue weighted by molar-refractivity contribution is 0.477. The topological polar surface area (TPSA) is 59.7 Å². The number of phenolic OH excluding ortho intramolecular Hbond substituents is 1. The zero-order chi connectivity index (χ0) is 37.4. The summed E-state index contributed by atoms with van der Waals surface area (Å²) in [6.07, 6.45) is 1.82. The van der Waals surface area contributed by atoms with Gasteiger partial charge in [-0.1, -0.05) is 106 Å². The summed E-state index contributed by atoms with van der Waals surface area (Å²) >= 11 is 0. The van der Waals surface area contributed by atoms with Gasteiger partial charge in [0.2, 0.25) is 0 Å². The molecule has 0 radical (unpaired) electrons. The van der Waals surface area contributed by atoms with Crippen LogP contribution in [0.4, 0.5) is 11.4 Å². The van der Waals surface area contributed by atoms with Crippen LogP contribution in [0.3, 0.4) is 0 Å². The van der Waals surface area contributed by atoms with Gasteiger partial charge in [-0.25, -0.2) is 14.7 Å². The second-order valence-electron chi connectivity index (χ2n) is 14.3. The summed E-state index contributed by atoms with van der Waals surface area (Å²) < 4.78 is 2.12. The molecule has 0 saturated heterocycles. The standard InChI is InChI=1S/C48H35N5O/c1-48(2,3)37-27-35(26-36(28-37)43-13-8-9-24-51-43)41-12-10-14-44-46(41)52-47(42-11-6-7-15-45(42)54)53(44)40-29-33(31-16-20-38(49-4)21-17-31)25-34(30-40)32-18-22-39(50-5)23-19-32/h6-30,54H,1-3H3. The van der Waals surface area contributed by atoms with E-state index >= 15 is 0 Å². The maximum absolute atomic E-state index is 11.3. The SMILES string of the molecule is [C-]#[N+]c1ccc(-c2cc(-c3ccc([N+]#[C-])cc3)cc(-n3c(-c4ccccc4O)nc4c(-c5cc(-c6ccccn6)cc(C(C)(C)C)c5)cccc43)c2)cc1. The minimum atomic E-state index is -0.120. The van der Waals surface area contributed by atoms with Crippen LogP contribution in [0.15, 0.2) is 152 Å². The zero-order valence-corrected chi connectivity index (χ0v) is 30.1. The minimum absolute atomic E-state index is 0.120. The normalized spacial score (nSPS) is 11.3. The van der Waals surface area contributed by atoms with Crippen molar-refractivity contribution in [2.45, 2.75) is 26.2 Å². The number of phenols is 1. The van der Waals surface area contributed by atoms with Gasteiger partial charge in [0.15, 0.2) is 11.4 Å². The van der Waals surface area contributed by atoms with E-state index < -0.39 is 0 Å². The van der Waals surface area contributed by atoms with E-state index in [9.17, 15) is 5.11 Å². The summed E-state index contributed by atoms with van der Waals surface area (Å²) in [4.78, 5) is 17.2. The van der Waals surface area contributed by atoms with Crippen LogP contribution in [0.5, 0.6) is 5.75 Å². The maximum atomic E-state index is 11.3. The number of benzene rings is 6. The number of para-hydroxylation sites is 2. The predicted molar refractivity (Wildman–Crippen MR) is 219 cm³/mol. The van der Waals surface area contributed by atoms with Gasteiger partial charge in [-0.3, -0.25) is 9.55 Å². The Balaban J connectivity index is 1.42. The van der Waals surface area contributed by atoms with Gasteiger partial charge in [-0.15, -0.1) is 0 Å². The van der Waals surface area contributed by atoms with Crippen molar-refractivity contribution in [3.63, 3.8) is 0 Å². The molecule has 1 N–H and O–H groups in total. The Morgan fingerprint density at radius 2 is 1.17 bits per heavy atom. The monoisotopic (exact) mass is 697 g/mol. The summed E-state index contributed by atoms with van der Waals surface area (Å²) in [7, 11) is 0. The van der Waals surface area contributed by atoms with Crippen molar-refractivity contribution in [2.24, 2.45) is 0 Å². The first-order chi connectivity index (χ1) is 26.2. The van der Waals surface area contributed by atoms with Crippen LogP contribution in [-0.2, 0) is 5.41 Å². The summed E-state index contributed by atoms with van der Waals surface area (Å²) in [6, 6.07) is 47.7. The first-order valence-electron chi connectivity index (χ1n) is 17.7. The average Bonchev–Trinajstić information content (AvgIpc) is 3.60. The largest absolute Gasteiger partial charge is 0.507 e. The summed E-state index contributed by atoms with van der Waals surface area (Å²) in [5.41, 5.74) is 13.1. The van der Waals surface area contributed by atoms with Crippen molar-refractivity contribution in [2.75, 3.05) is 0 Å². The highest BCUT2D eigenvalue weighted by Crippen LogP contribution is 2.41. The number of pyridine rings is 1. The van der Waals surface area contributed by atoms with Gasteiger partial charge in [0.1, 0.15) is 11.6 Å². The lowest BCUT2D eigenvalue weighted by Crippen LogP contribution is -2.11. The fraction of sp³-hybridized carbons (Fsp3) is 0.0833. The Kier molecular flexibility index (Phi) is 8.58. The van der Waals surface area contributed by atoms with Crippen LogP contribution < -0.4 is 0 Å². The first-order valence-corrected chi connectivity index (χ1v) is 17.7. The highest BCUT2D eigenvalue weighted by atomic mass is 16.3. The molecule has 0 atom stereocenters. The molecular weight excluding hydrogens is 663 g/mol. The Hall–Kier alpha value is -7.28. The zero-order valence-electron chi connectivity index (χ0n) is 30.1. The maximum Gasteiger partial charge on any atom is 0.187 e. The molecule has 0 aliphatic rings. The van der Waals surface area contributed by atoms with Gasteiger partial charge in [0.05, 0.1) is 35.4 Å². The highest BCUT2D eigenvalue weighted by Gasteiger charge is 2.23. The van der Waals surface area contributed by atoms with Crippen LogP contribution in [0, 0.1) is 13.1 Å². The molecule has 0 aliphatic heterocycles. The number of hydrogen-bond acceptors (Lipinski definition) is 3. The van der Waals surface area contributed by atoms with Crippen molar-refractivity contribution in [1.29, 1.82) is 0 Å². The number of nitrogens with zero attached hydrogens (tertiary/aromatic N) is 5. The molecule has 258 valence electrons. The second kappa shape index (κ2) is 13.7. The molecule has 0 aliphatic carbocycles. The van der Waals surface area contributed by atoms with Crippen LogP contribution in [0.2, 0.25) is 0 Å². The molecule has 8 aromatic rings. The third-order valence-electron chi connectivity index (χ3n) is 9.74. The van der Waals surface area contributed by atoms with Gasteiger partial charge >= 0.3 is 0 Å². The molecule has 2 aromatic heterocycles.